The number of quaternary nitrogens is 1. The molecule has 0 aromatic carbocycles. The van der Waals surface area contributed by atoms with Gasteiger partial charge in [-0.25, -0.2) is 0 Å². The van der Waals surface area contributed by atoms with Crippen LogP contribution >= 0.6 is 0 Å². The van der Waals surface area contributed by atoms with Gasteiger partial charge in [0.25, 0.3) is 0 Å². The van der Waals surface area contributed by atoms with Gasteiger partial charge in [-0.05, 0) is 12.8 Å². The van der Waals surface area contributed by atoms with Crippen LogP contribution in [0, 0.1) is 0 Å². The molecule has 0 fully saturated rings. The van der Waals surface area contributed by atoms with Crippen molar-refractivity contribution in [2.75, 3.05) is 20.6 Å². The summed E-state index contributed by atoms with van der Waals surface area (Å²) in [5.74, 6) is 0. The molecule has 0 aromatic heterocycles. The van der Waals surface area contributed by atoms with Crippen LogP contribution in [-0.2, 0) is 0 Å². The minimum Gasteiger partial charge on any atom is -1.00 e. The molecule has 84 valence electrons. The van der Waals surface area contributed by atoms with E-state index in [0.717, 1.165) is 0 Å². The predicted octanol–water partition coefficient (Wildman–Crippen LogP) is -2.33. The number of nitrogens with one attached hydrogen (secondary N) is 1. The highest BCUT2D eigenvalue weighted by Crippen LogP contribution is 2.03. The normalized spacial score (nSPS) is 9.23. The zero-order chi connectivity index (χ0) is 8.53. The first-order valence-corrected chi connectivity index (χ1v) is 5.06. The van der Waals surface area contributed by atoms with Gasteiger partial charge in [0.15, 0.2) is 0 Å². The average molecular weight is 212 g/mol. The predicted molar refractivity (Wildman–Crippen MR) is 54.7 cm³/mol. The van der Waals surface area contributed by atoms with E-state index in [0.29, 0.717) is 0 Å². The monoisotopic (exact) mass is 211 g/mol. The lowest BCUT2D eigenvalue weighted by atomic mass is 10.1. The molecule has 3 N–H and O–H groups in total. The van der Waals surface area contributed by atoms with Crippen molar-refractivity contribution in [3.05, 3.63) is 0 Å². The molecule has 0 spiro atoms. The third-order valence-electron chi connectivity index (χ3n) is 2.03. The van der Waals surface area contributed by atoms with Crippen LogP contribution < -0.4 is 17.3 Å². The number of hydrogen-bond acceptors (Lipinski definition) is 0. The summed E-state index contributed by atoms with van der Waals surface area (Å²) in [6.07, 6.45) is 8.52. The summed E-state index contributed by atoms with van der Waals surface area (Å²) >= 11 is 0. The Hall–Kier alpha value is 0.210. The highest BCUT2D eigenvalue weighted by Gasteiger charge is 1.93. The van der Waals surface area contributed by atoms with Crippen molar-refractivity contribution in [2.45, 2.75) is 45.4 Å². The SMILES string of the molecule is CCCCCCCC[NH+](C)C.O.[Cl-]. The largest absolute Gasteiger partial charge is 1.00 e. The summed E-state index contributed by atoms with van der Waals surface area (Å²) in [6, 6.07) is 0. The first kappa shape index (κ1) is 18.9. The molecule has 0 bridgehead atoms. The molecule has 0 aromatic rings. The molecule has 13 heavy (non-hydrogen) atoms. The van der Waals surface area contributed by atoms with Crippen LogP contribution in [0.2, 0.25) is 0 Å². The minimum absolute atomic E-state index is 0. The Balaban J connectivity index is -0.000000500. The van der Waals surface area contributed by atoms with Gasteiger partial charge < -0.3 is 22.8 Å². The Labute approximate surface area is 89.4 Å². The Kier molecular flexibility index (Phi) is 21.4. The molecule has 0 atom stereocenters. The van der Waals surface area contributed by atoms with E-state index in [-0.39, 0.29) is 17.9 Å². The quantitative estimate of drug-likeness (QED) is 0.459. The molecule has 0 amide bonds. The van der Waals surface area contributed by atoms with Crippen molar-refractivity contribution in [1.82, 2.24) is 0 Å². The van der Waals surface area contributed by atoms with Crippen molar-refractivity contribution < 1.29 is 22.8 Å². The zero-order valence-electron chi connectivity index (χ0n) is 9.33. The summed E-state index contributed by atoms with van der Waals surface area (Å²) in [4.78, 5) is 1.58. The van der Waals surface area contributed by atoms with E-state index in [9.17, 15) is 0 Å². The maximum Gasteiger partial charge on any atom is 0.0766 e. The van der Waals surface area contributed by atoms with Crippen LogP contribution in [0.25, 0.3) is 0 Å². The number of hydrogen-bond donors (Lipinski definition) is 1. The highest BCUT2D eigenvalue weighted by atomic mass is 35.5. The van der Waals surface area contributed by atoms with Gasteiger partial charge in [-0.3, -0.25) is 0 Å². The summed E-state index contributed by atoms with van der Waals surface area (Å²) < 4.78 is 0. The smallest absolute Gasteiger partial charge is 0.0766 e. The third kappa shape index (κ3) is 18.9. The number of unbranched alkanes of at least 4 members (excludes halogenated alkanes) is 5. The molecule has 0 aliphatic carbocycles. The van der Waals surface area contributed by atoms with E-state index >= 15 is 0 Å². The first-order valence-electron chi connectivity index (χ1n) is 5.06. The van der Waals surface area contributed by atoms with Gasteiger partial charge in [0.2, 0.25) is 0 Å². The van der Waals surface area contributed by atoms with E-state index < -0.39 is 0 Å². The molecule has 0 saturated carbocycles. The van der Waals surface area contributed by atoms with Gasteiger partial charge in [0.05, 0.1) is 20.6 Å². The van der Waals surface area contributed by atoms with Crippen LogP contribution in [0.3, 0.4) is 0 Å². The van der Waals surface area contributed by atoms with E-state index in [1.54, 1.807) is 4.90 Å². The molecule has 0 aliphatic heterocycles. The average Bonchev–Trinajstić information content (AvgIpc) is 1.96. The van der Waals surface area contributed by atoms with Crippen LogP contribution in [-0.4, -0.2) is 26.1 Å². The molecule has 0 rings (SSSR count). The second-order valence-corrected chi connectivity index (χ2v) is 3.72. The van der Waals surface area contributed by atoms with Gasteiger partial charge in [-0.15, -0.1) is 0 Å². The third-order valence-corrected chi connectivity index (χ3v) is 2.03. The highest BCUT2D eigenvalue weighted by molar-refractivity contribution is 4.41. The van der Waals surface area contributed by atoms with Crippen LogP contribution in [0.4, 0.5) is 0 Å². The minimum atomic E-state index is 0. The van der Waals surface area contributed by atoms with Crippen molar-refractivity contribution in [1.29, 1.82) is 0 Å². The van der Waals surface area contributed by atoms with E-state index in [1.807, 2.05) is 0 Å². The molecule has 2 nitrogen and oxygen atoms in total. The first-order chi connectivity index (χ1) is 5.27. The summed E-state index contributed by atoms with van der Waals surface area (Å²) in [5, 5.41) is 0. The van der Waals surface area contributed by atoms with Crippen molar-refractivity contribution >= 4 is 0 Å². The lowest BCUT2D eigenvalue weighted by Crippen LogP contribution is -3.05. The fourth-order valence-electron chi connectivity index (χ4n) is 1.26. The van der Waals surface area contributed by atoms with Gasteiger partial charge in [-0.2, -0.15) is 0 Å². The van der Waals surface area contributed by atoms with Crippen LogP contribution in [0.5, 0.6) is 0 Å². The van der Waals surface area contributed by atoms with E-state index in [4.69, 9.17) is 0 Å². The van der Waals surface area contributed by atoms with Crippen molar-refractivity contribution in [3.63, 3.8) is 0 Å². The van der Waals surface area contributed by atoms with Gasteiger partial charge in [0, 0.05) is 0 Å². The second-order valence-electron chi connectivity index (χ2n) is 3.72. The summed E-state index contributed by atoms with van der Waals surface area (Å²) in [5.41, 5.74) is 0. The molecule has 0 unspecified atom stereocenters. The van der Waals surface area contributed by atoms with Gasteiger partial charge in [-0.1, -0.05) is 32.6 Å². The van der Waals surface area contributed by atoms with E-state index in [2.05, 4.69) is 21.0 Å². The maximum atomic E-state index is 2.27. The van der Waals surface area contributed by atoms with Crippen LogP contribution in [0.15, 0.2) is 0 Å². The lowest BCUT2D eigenvalue weighted by Gasteiger charge is -2.05. The van der Waals surface area contributed by atoms with Gasteiger partial charge in [0.1, 0.15) is 0 Å². The molecule has 0 aliphatic rings. The Morgan fingerprint density at radius 1 is 0.846 bits per heavy atom. The maximum absolute atomic E-state index is 2.27. The summed E-state index contributed by atoms with van der Waals surface area (Å²) in [6.45, 7) is 3.61. The van der Waals surface area contributed by atoms with Crippen molar-refractivity contribution in [2.24, 2.45) is 0 Å². The van der Waals surface area contributed by atoms with Gasteiger partial charge >= 0.3 is 0 Å². The lowest BCUT2D eigenvalue weighted by molar-refractivity contribution is -0.858. The zero-order valence-corrected chi connectivity index (χ0v) is 10.1. The number of halogens is 1. The Bertz CT molecular complexity index is 79.3. The topological polar surface area (TPSA) is 35.9 Å². The summed E-state index contributed by atoms with van der Waals surface area (Å²) in [7, 11) is 4.46. The standard InChI is InChI=1S/C10H23N.ClH.H2O/c1-4-5-6-7-8-9-10-11(2)3;;/h4-10H2,1-3H3;1H;1H2. The second kappa shape index (κ2) is 14.7. The molecular weight excluding hydrogens is 186 g/mol. The van der Waals surface area contributed by atoms with Crippen molar-refractivity contribution in [3.8, 4) is 0 Å². The van der Waals surface area contributed by atoms with E-state index in [1.165, 1.54) is 45.1 Å². The molecule has 0 heterocycles. The molecule has 0 radical (unpaired) electrons. The molecule has 0 saturated heterocycles. The Morgan fingerprint density at radius 2 is 1.31 bits per heavy atom. The van der Waals surface area contributed by atoms with Crippen LogP contribution in [0.1, 0.15) is 45.4 Å². The fourth-order valence-corrected chi connectivity index (χ4v) is 1.26. The Morgan fingerprint density at radius 3 is 1.77 bits per heavy atom. The molecule has 3 heteroatoms. The molecular formula is C10H26ClNO. The number of rotatable bonds is 7. The fraction of sp³-hybridized carbons (Fsp3) is 1.00.